The van der Waals surface area contributed by atoms with Crippen molar-refractivity contribution >= 4 is 45.6 Å². The molecule has 0 saturated carbocycles. The highest BCUT2D eigenvalue weighted by Crippen LogP contribution is 2.30. The molecule has 5 nitrogen and oxygen atoms in total. The Balaban J connectivity index is 1.73. The summed E-state index contributed by atoms with van der Waals surface area (Å²) in [4.78, 5) is 30.5. The normalized spacial score (nSPS) is 14.1. The molecule has 1 aromatic carbocycles. The molecule has 0 spiro atoms. The van der Waals surface area contributed by atoms with E-state index in [4.69, 9.17) is 11.6 Å². The van der Waals surface area contributed by atoms with Crippen LogP contribution in [-0.2, 0) is 28.9 Å². The summed E-state index contributed by atoms with van der Waals surface area (Å²) in [5.74, 6) is -0.0179. The van der Waals surface area contributed by atoms with Crippen molar-refractivity contribution in [3.8, 4) is 0 Å². The van der Waals surface area contributed by atoms with Gasteiger partial charge in [-0.15, -0.1) is 11.3 Å². The van der Waals surface area contributed by atoms with Gasteiger partial charge in [0.1, 0.15) is 0 Å². The molecule has 1 aliphatic rings. The lowest BCUT2D eigenvalue weighted by molar-refractivity contribution is -0.117. The molecule has 7 heteroatoms. The number of carbonyl (C=O) groups excluding carboxylic acids is 2. The van der Waals surface area contributed by atoms with E-state index in [1.165, 1.54) is 11.3 Å². The Morgan fingerprint density at radius 3 is 2.81 bits per heavy atom. The number of nitrogens with one attached hydrogen (secondary N) is 1. The van der Waals surface area contributed by atoms with E-state index in [-0.39, 0.29) is 18.2 Å². The van der Waals surface area contributed by atoms with Crippen LogP contribution < -0.4 is 10.2 Å². The van der Waals surface area contributed by atoms with Gasteiger partial charge in [0.05, 0.1) is 12.1 Å². The standard InChI is InChI=1S/C19H22ClN3O2S/c1-3-12-7-8-15(20)14(4-2)18(12)22-16(24)10-13-11-26-19(21-13)23-9-5-6-17(23)25/h7-8,11H,3-6,9-10H2,1-2H3,(H,22,24). The van der Waals surface area contributed by atoms with Gasteiger partial charge in [0.25, 0.3) is 0 Å². The number of benzene rings is 1. The minimum Gasteiger partial charge on any atom is -0.325 e. The Morgan fingerprint density at radius 1 is 1.35 bits per heavy atom. The van der Waals surface area contributed by atoms with Gasteiger partial charge in [-0.25, -0.2) is 4.98 Å². The lowest BCUT2D eigenvalue weighted by atomic mass is 10.0. The molecule has 0 atom stereocenters. The molecule has 138 valence electrons. The first-order valence-electron chi connectivity index (χ1n) is 8.88. The second-order valence-electron chi connectivity index (χ2n) is 6.26. The van der Waals surface area contributed by atoms with Crippen LogP contribution in [0.2, 0.25) is 5.02 Å². The molecule has 1 fully saturated rings. The van der Waals surface area contributed by atoms with E-state index >= 15 is 0 Å². The lowest BCUT2D eigenvalue weighted by Crippen LogP contribution is -2.23. The molecule has 1 saturated heterocycles. The third kappa shape index (κ3) is 3.91. The fourth-order valence-electron chi connectivity index (χ4n) is 3.17. The van der Waals surface area contributed by atoms with Gasteiger partial charge in [0.2, 0.25) is 11.8 Å². The molecule has 2 amide bonds. The van der Waals surface area contributed by atoms with E-state index in [9.17, 15) is 9.59 Å². The first-order valence-corrected chi connectivity index (χ1v) is 10.1. The second kappa shape index (κ2) is 8.18. The van der Waals surface area contributed by atoms with Gasteiger partial charge in [0, 0.05) is 29.1 Å². The minimum atomic E-state index is -0.124. The summed E-state index contributed by atoms with van der Waals surface area (Å²) in [5.41, 5.74) is 3.53. The predicted molar refractivity (Wildman–Crippen MR) is 106 cm³/mol. The summed E-state index contributed by atoms with van der Waals surface area (Å²) >= 11 is 7.70. The zero-order valence-electron chi connectivity index (χ0n) is 15.0. The van der Waals surface area contributed by atoms with Crippen molar-refractivity contribution in [3.63, 3.8) is 0 Å². The highest BCUT2D eigenvalue weighted by atomic mass is 35.5. The number of aromatic nitrogens is 1. The van der Waals surface area contributed by atoms with Crippen LogP contribution in [0.5, 0.6) is 0 Å². The van der Waals surface area contributed by atoms with E-state index in [1.54, 1.807) is 4.90 Å². The molecule has 2 aromatic rings. The Bertz CT molecular complexity index is 834. The van der Waals surface area contributed by atoms with Gasteiger partial charge in [0.15, 0.2) is 5.13 Å². The quantitative estimate of drug-likeness (QED) is 0.801. The fourth-order valence-corrected chi connectivity index (χ4v) is 4.33. The summed E-state index contributed by atoms with van der Waals surface area (Å²) in [6.07, 6.45) is 3.18. The molecular formula is C19H22ClN3O2S. The van der Waals surface area contributed by atoms with E-state index in [2.05, 4.69) is 17.2 Å². The van der Waals surface area contributed by atoms with E-state index in [1.807, 2.05) is 24.4 Å². The summed E-state index contributed by atoms with van der Waals surface area (Å²) < 4.78 is 0. The number of aryl methyl sites for hydroxylation is 1. The van der Waals surface area contributed by atoms with Crippen LogP contribution in [0.15, 0.2) is 17.5 Å². The maximum absolute atomic E-state index is 12.6. The Kier molecular flexibility index (Phi) is 5.94. The smallest absolute Gasteiger partial charge is 0.230 e. The van der Waals surface area contributed by atoms with E-state index in [0.29, 0.717) is 28.8 Å². The zero-order valence-corrected chi connectivity index (χ0v) is 16.5. The van der Waals surface area contributed by atoms with Crippen molar-refractivity contribution < 1.29 is 9.59 Å². The first kappa shape index (κ1) is 18.9. The number of nitrogens with zero attached hydrogens (tertiary/aromatic N) is 2. The molecule has 1 aliphatic heterocycles. The molecule has 3 rings (SSSR count). The molecule has 0 radical (unpaired) electrons. The number of halogens is 1. The van der Waals surface area contributed by atoms with E-state index in [0.717, 1.165) is 36.1 Å². The molecular weight excluding hydrogens is 370 g/mol. The third-order valence-corrected chi connectivity index (χ3v) is 5.79. The molecule has 0 bridgehead atoms. The highest BCUT2D eigenvalue weighted by molar-refractivity contribution is 7.14. The maximum atomic E-state index is 12.6. The van der Waals surface area contributed by atoms with Crippen LogP contribution >= 0.6 is 22.9 Å². The van der Waals surface area contributed by atoms with Crippen molar-refractivity contribution in [2.75, 3.05) is 16.8 Å². The number of hydrogen-bond acceptors (Lipinski definition) is 4. The molecule has 26 heavy (non-hydrogen) atoms. The summed E-state index contributed by atoms with van der Waals surface area (Å²) in [7, 11) is 0. The van der Waals surface area contributed by atoms with Crippen LogP contribution in [0.1, 0.15) is 43.5 Å². The maximum Gasteiger partial charge on any atom is 0.230 e. The SMILES string of the molecule is CCc1ccc(Cl)c(CC)c1NC(=O)Cc1csc(N2CCCC2=O)n1. The van der Waals surface area contributed by atoms with Gasteiger partial charge < -0.3 is 5.32 Å². The van der Waals surface area contributed by atoms with Gasteiger partial charge >= 0.3 is 0 Å². The lowest BCUT2D eigenvalue weighted by Gasteiger charge is -2.15. The second-order valence-corrected chi connectivity index (χ2v) is 7.51. The molecule has 1 aromatic heterocycles. The Hall–Kier alpha value is -1.92. The molecule has 0 unspecified atom stereocenters. The van der Waals surface area contributed by atoms with Crippen molar-refractivity contribution in [3.05, 3.63) is 39.4 Å². The van der Waals surface area contributed by atoms with Crippen LogP contribution in [-0.4, -0.2) is 23.3 Å². The van der Waals surface area contributed by atoms with Gasteiger partial charge in [-0.05, 0) is 36.5 Å². The van der Waals surface area contributed by atoms with Crippen LogP contribution in [0, 0.1) is 0 Å². The first-order chi connectivity index (χ1) is 12.5. The fraction of sp³-hybridized carbons (Fsp3) is 0.421. The number of carbonyl (C=O) groups is 2. The zero-order chi connectivity index (χ0) is 18.7. The van der Waals surface area contributed by atoms with Crippen LogP contribution in [0.25, 0.3) is 0 Å². The van der Waals surface area contributed by atoms with Crippen molar-refractivity contribution in [2.24, 2.45) is 0 Å². The number of hydrogen-bond donors (Lipinski definition) is 1. The Morgan fingerprint density at radius 2 is 2.15 bits per heavy atom. The third-order valence-electron chi connectivity index (χ3n) is 4.53. The monoisotopic (exact) mass is 391 g/mol. The largest absolute Gasteiger partial charge is 0.325 e. The average Bonchev–Trinajstić information content (AvgIpc) is 3.24. The minimum absolute atomic E-state index is 0.106. The topological polar surface area (TPSA) is 62.3 Å². The summed E-state index contributed by atoms with van der Waals surface area (Å²) in [6.45, 7) is 4.79. The molecule has 2 heterocycles. The summed E-state index contributed by atoms with van der Waals surface area (Å²) in [6, 6.07) is 3.84. The Labute approximate surface area is 162 Å². The van der Waals surface area contributed by atoms with Crippen LogP contribution in [0.3, 0.4) is 0 Å². The number of thiazole rings is 1. The summed E-state index contributed by atoms with van der Waals surface area (Å²) in [5, 5.41) is 6.22. The van der Waals surface area contributed by atoms with E-state index < -0.39 is 0 Å². The van der Waals surface area contributed by atoms with Crippen molar-refractivity contribution in [1.82, 2.24) is 4.98 Å². The van der Waals surface area contributed by atoms with Gasteiger partial charge in [-0.1, -0.05) is 31.5 Å². The van der Waals surface area contributed by atoms with Crippen molar-refractivity contribution in [1.29, 1.82) is 0 Å². The van der Waals surface area contributed by atoms with Crippen LogP contribution in [0.4, 0.5) is 10.8 Å². The van der Waals surface area contributed by atoms with Gasteiger partial charge in [-0.2, -0.15) is 0 Å². The molecule has 1 N–H and O–H groups in total. The van der Waals surface area contributed by atoms with Crippen molar-refractivity contribution in [2.45, 2.75) is 46.0 Å². The number of amides is 2. The average molecular weight is 392 g/mol. The highest BCUT2D eigenvalue weighted by Gasteiger charge is 2.24. The molecule has 0 aliphatic carbocycles. The number of anilines is 2. The number of rotatable bonds is 6. The predicted octanol–water partition coefficient (Wildman–Crippen LogP) is 4.23. The van der Waals surface area contributed by atoms with Gasteiger partial charge in [-0.3, -0.25) is 14.5 Å².